The van der Waals surface area contributed by atoms with Gasteiger partial charge in [0.15, 0.2) is 0 Å². The van der Waals surface area contributed by atoms with Gasteiger partial charge in [0.05, 0.1) is 6.04 Å². The molecule has 2 fully saturated rings. The molecule has 1 aliphatic carbocycles. The normalized spacial score (nSPS) is 17.9. The number of rotatable bonds is 21. The molecule has 15 heteroatoms. The standard InChI is InChI=1S/C32H47N4O10P/c1-3-4-13-25(21-44-47(42)46-22(2)30(39)45-31(40)27-15-10-19-33-27)35-29(38)26(36-28(37)24-16-17-24)14-8-9-18-34-32(41)43-20-23-11-6-5-7-12-23/h5-7,11-12,22,24-27,33H,3-4,8-10,13-21H2,1-2H3,(H2-,34,35,36,37,38,41)/p+1/t22?,25?,26?,27-/m0/s1. The van der Waals surface area contributed by atoms with Crippen molar-refractivity contribution in [3.8, 4) is 0 Å². The highest BCUT2D eigenvalue weighted by Crippen LogP contribution is 2.29. The summed E-state index contributed by atoms with van der Waals surface area (Å²) in [6.07, 6.45) is 4.65. The minimum Gasteiger partial charge on any atom is -0.445 e. The van der Waals surface area contributed by atoms with Crippen LogP contribution >= 0.6 is 8.25 Å². The van der Waals surface area contributed by atoms with E-state index >= 15 is 0 Å². The molecule has 4 N–H and O–H groups in total. The molecule has 3 rings (SSSR count). The molecule has 0 radical (unpaired) electrons. The highest BCUT2D eigenvalue weighted by Gasteiger charge is 2.36. The lowest BCUT2D eigenvalue weighted by Gasteiger charge is -2.22. The lowest BCUT2D eigenvalue weighted by atomic mass is 10.1. The Bertz CT molecular complexity index is 1190. The summed E-state index contributed by atoms with van der Waals surface area (Å²) in [7, 11) is -2.77. The number of esters is 2. The van der Waals surface area contributed by atoms with Gasteiger partial charge in [0.25, 0.3) is 0 Å². The van der Waals surface area contributed by atoms with Crippen molar-refractivity contribution < 1.29 is 47.1 Å². The van der Waals surface area contributed by atoms with Gasteiger partial charge >= 0.3 is 26.3 Å². The average Bonchev–Trinajstić information content (AvgIpc) is 3.77. The van der Waals surface area contributed by atoms with Crippen molar-refractivity contribution in [3.63, 3.8) is 0 Å². The molecular formula is C32H48N4O10P+. The maximum Gasteiger partial charge on any atom is 0.698 e. The molecule has 0 aromatic heterocycles. The second kappa shape index (κ2) is 20.7. The van der Waals surface area contributed by atoms with E-state index < -0.39 is 56.4 Å². The highest BCUT2D eigenvalue weighted by molar-refractivity contribution is 7.33. The second-order valence-corrected chi connectivity index (χ2v) is 12.7. The molecular weight excluding hydrogens is 631 g/mol. The first-order valence-electron chi connectivity index (χ1n) is 16.5. The number of carbonyl (C=O) groups is 5. The Balaban J connectivity index is 1.43. The largest absolute Gasteiger partial charge is 0.698 e. The van der Waals surface area contributed by atoms with Gasteiger partial charge in [-0.15, -0.1) is 9.05 Å². The Hall–Kier alpha value is -3.45. The van der Waals surface area contributed by atoms with Crippen molar-refractivity contribution in [2.24, 2.45) is 5.92 Å². The van der Waals surface area contributed by atoms with Crippen LogP contribution in [0.25, 0.3) is 0 Å². The van der Waals surface area contributed by atoms with Gasteiger partial charge in [0.1, 0.15) is 25.3 Å². The van der Waals surface area contributed by atoms with Crippen LogP contribution in [0.3, 0.4) is 0 Å². The molecule has 0 spiro atoms. The predicted molar refractivity (Wildman–Crippen MR) is 171 cm³/mol. The predicted octanol–water partition coefficient (Wildman–Crippen LogP) is 3.55. The molecule has 2 aliphatic rings. The first-order valence-corrected chi connectivity index (χ1v) is 17.6. The Morgan fingerprint density at radius 2 is 1.77 bits per heavy atom. The van der Waals surface area contributed by atoms with E-state index in [2.05, 4.69) is 21.3 Å². The number of ether oxygens (including phenoxy) is 2. The molecule has 3 amide bonds. The molecule has 1 heterocycles. The van der Waals surface area contributed by atoms with Crippen molar-refractivity contribution in [2.75, 3.05) is 19.7 Å². The van der Waals surface area contributed by atoms with E-state index in [1.54, 1.807) is 0 Å². The SMILES string of the molecule is CCCCC(CO[P+](=O)OC(C)C(=O)OC(=O)[C@@H]1CCCN1)NC(=O)C(CCCCNC(=O)OCc1ccccc1)NC(=O)C1CC1. The number of carbonyl (C=O) groups excluding carboxylic acids is 5. The fourth-order valence-corrected chi connectivity index (χ4v) is 5.49. The summed E-state index contributed by atoms with van der Waals surface area (Å²) in [4.78, 5) is 62.2. The first kappa shape index (κ1) is 38.0. The molecule has 1 aromatic rings. The molecule has 1 saturated carbocycles. The quantitative estimate of drug-likeness (QED) is 0.0644. The molecule has 1 aliphatic heterocycles. The highest BCUT2D eigenvalue weighted by atomic mass is 31.1. The van der Waals surface area contributed by atoms with Crippen molar-refractivity contribution in [3.05, 3.63) is 35.9 Å². The van der Waals surface area contributed by atoms with Crippen LogP contribution in [0.4, 0.5) is 4.79 Å². The molecule has 4 unspecified atom stereocenters. The number of nitrogens with one attached hydrogen (secondary N) is 4. The Kier molecular flexibility index (Phi) is 16.7. The van der Waals surface area contributed by atoms with Gasteiger partial charge < -0.3 is 30.7 Å². The minimum absolute atomic E-state index is 0.0925. The van der Waals surface area contributed by atoms with E-state index in [9.17, 15) is 28.5 Å². The lowest BCUT2D eigenvalue weighted by Crippen LogP contribution is -2.51. The van der Waals surface area contributed by atoms with Crippen LogP contribution in [-0.4, -0.2) is 73.8 Å². The topological polar surface area (TPSA) is 187 Å². The van der Waals surface area contributed by atoms with E-state index in [1.807, 2.05) is 37.3 Å². The average molecular weight is 680 g/mol. The van der Waals surface area contributed by atoms with E-state index in [0.29, 0.717) is 45.2 Å². The van der Waals surface area contributed by atoms with Crippen LogP contribution in [-0.2, 0) is 48.9 Å². The second-order valence-electron chi connectivity index (χ2n) is 11.8. The van der Waals surface area contributed by atoms with E-state index in [1.165, 1.54) is 6.92 Å². The summed E-state index contributed by atoms with van der Waals surface area (Å²) in [6, 6.07) is 7.44. The van der Waals surface area contributed by atoms with Gasteiger partial charge in [0, 0.05) is 17.0 Å². The van der Waals surface area contributed by atoms with Crippen LogP contribution in [0.2, 0.25) is 0 Å². The Morgan fingerprint density at radius 1 is 1.00 bits per heavy atom. The van der Waals surface area contributed by atoms with Crippen molar-refractivity contribution in [1.82, 2.24) is 21.3 Å². The van der Waals surface area contributed by atoms with Gasteiger partial charge in [0.2, 0.25) is 17.9 Å². The molecule has 47 heavy (non-hydrogen) atoms. The zero-order chi connectivity index (χ0) is 34.0. The van der Waals surface area contributed by atoms with Crippen molar-refractivity contribution in [1.29, 1.82) is 0 Å². The zero-order valence-electron chi connectivity index (χ0n) is 27.2. The summed E-state index contributed by atoms with van der Waals surface area (Å²) in [5.74, 6) is -2.34. The Morgan fingerprint density at radius 3 is 2.45 bits per heavy atom. The third-order valence-corrected chi connectivity index (χ3v) is 8.59. The minimum atomic E-state index is -2.77. The number of benzene rings is 1. The van der Waals surface area contributed by atoms with E-state index in [4.69, 9.17) is 18.5 Å². The van der Waals surface area contributed by atoms with Crippen LogP contribution in [0.5, 0.6) is 0 Å². The number of hydrogen-bond donors (Lipinski definition) is 4. The summed E-state index contributed by atoms with van der Waals surface area (Å²) in [5, 5.41) is 11.4. The van der Waals surface area contributed by atoms with Crippen molar-refractivity contribution >= 4 is 38.1 Å². The molecule has 0 bridgehead atoms. The van der Waals surface area contributed by atoms with Gasteiger partial charge in [-0.1, -0.05) is 50.1 Å². The number of amides is 3. The fourth-order valence-electron chi connectivity index (χ4n) is 4.78. The van der Waals surface area contributed by atoms with Crippen LogP contribution < -0.4 is 21.3 Å². The molecule has 14 nitrogen and oxygen atoms in total. The third kappa shape index (κ3) is 14.9. The van der Waals surface area contributed by atoms with Crippen LogP contribution in [0.15, 0.2) is 30.3 Å². The monoisotopic (exact) mass is 679 g/mol. The van der Waals surface area contributed by atoms with Crippen LogP contribution in [0, 0.1) is 5.92 Å². The van der Waals surface area contributed by atoms with Gasteiger partial charge in [-0.3, -0.25) is 9.59 Å². The van der Waals surface area contributed by atoms with Gasteiger partial charge in [-0.25, -0.2) is 14.4 Å². The lowest BCUT2D eigenvalue weighted by molar-refractivity contribution is -0.165. The molecule has 260 valence electrons. The number of hydrogen-bond acceptors (Lipinski definition) is 11. The van der Waals surface area contributed by atoms with E-state index in [0.717, 1.165) is 37.7 Å². The molecule has 1 aromatic carbocycles. The summed E-state index contributed by atoms with van der Waals surface area (Å²) >= 11 is 0. The fraction of sp³-hybridized carbons (Fsp3) is 0.656. The molecule has 1 saturated heterocycles. The third-order valence-electron chi connectivity index (χ3n) is 7.74. The first-order chi connectivity index (χ1) is 22.7. The summed E-state index contributed by atoms with van der Waals surface area (Å²) in [6.45, 7) is 4.30. The Labute approximate surface area is 276 Å². The van der Waals surface area contributed by atoms with E-state index in [-0.39, 0.29) is 25.0 Å². The summed E-state index contributed by atoms with van der Waals surface area (Å²) < 4.78 is 33.0. The maximum absolute atomic E-state index is 13.3. The van der Waals surface area contributed by atoms with Gasteiger partial charge in [-0.05, 0) is 70.4 Å². The smallest absolute Gasteiger partial charge is 0.445 e. The molecule has 5 atom stereocenters. The van der Waals surface area contributed by atoms with Crippen molar-refractivity contribution in [2.45, 2.75) is 109 Å². The summed E-state index contributed by atoms with van der Waals surface area (Å²) in [5.41, 5.74) is 0.879. The number of alkyl carbamates (subject to hydrolysis) is 1. The maximum atomic E-state index is 13.3. The zero-order valence-corrected chi connectivity index (χ0v) is 28.1. The van der Waals surface area contributed by atoms with Crippen LogP contribution in [0.1, 0.15) is 83.6 Å². The number of unbranched alkanes of at least 4 members (excludes halogenated alkanes) is 2. The van der Waals surface area contributed by atoms with Gasteiger partial charge in [-0.2, -0.15) is 0 Å².